The quantitative estimate of drug-likeness (QED) is 0.613. The molecule has 1 N–H and O–H groups in total. The summed E-state index contributed by atoms with van der Waals surface area (Å²) >= 11 is 3.49. The van der Waals surface area contributed by atoms with Crippen LogP contribution in [-0.2, 0) is 11.2 Å². The summed E-state index contributed by atoms with van der Waals surface area (Å²) < 4.78 is 0. The van der Waals surface area contributed by atoms with Gasteiger partial charge in [-0.25, -0.2) is 4.79 Å². The van der Waals surface area contributed by atoms with Gasteiger partial charge in [0.1, 0.15) is 6.54 Å². The Morgan fingerprint density at radius 2 is 1.95 bits per heavy atom. The number of nitrogens with one attached hydrogen (secondary N) is 1. The monoisotopic (exact) mass is 338 g/mol. The van der Waals surface area contributed by atoms with Crippen molar-refractivity contribution in [3.05, 3.63) is 35.9 Å². The van der Waals surface area contributed by atoms with Crippen LogP contribution in [0.3, 0.4) is 0 Å². The molecular weight excluding hydrogens is 320 g/mol. The molecule has 1 aromatic carbocycles. The second-order valence-electron chi connectivity index (χ2n) is 5.10. The van der Waals surface area contributed by atoms with E-state index in [4.69, 9.17) is 0 Å². The largest absolute Gasteiger partial charge is 0.324 e. The zero-order valence-electron chi connectivity index (χ0n) is 11.3. The lowest BCUT2D eigenvalue weighted by Crippen LogP contribution is -2.30. The molecule has 1 aromatic rings. The number of urea groups is 1. The highest BCUT2D eigenvalue weighted by Gasteiger charge is 2.26. The van der Waals surface area contributed by atoms with Gasteiger partial charge in [0.2, 0.25) is 5.91 Å². The summed E-state index contributed by atoms with van der Waals surface area (Å²) in [7, 11) is 0. The number of alkyl halides is 1. The van der Waals surface area contributed by atoms with Gasteiger partial charge in [-0.05, 0) is 30.7 Å². The summed E-state index contributed by atoms with van der Waals surface area (Å²) in [6.45, 7) is 0.841. The summed E-state index contributed by atoms with van der Waals surface area (Å²) in [6.07, 6.45) is 3.00. The van der Waals surface area contributed by atoms with Crippen LogP contribution in [0.25, 0.3) is 0 Å². The fourth-order valence-corrected chi connectivity index (χ4v) is 3.10. The van der Waals surface area contributed by atoms with Gasteiger partial charge in [0.15, 0.2) is 0 Å². The zero-order valence-corrected chi connectivity index (χ0v) is 12.9. The van der Waals surface area contributed by atoms with Crippen LogP contribution in [0.2, 0.25) is 0 Å². The van der Waals surface area contributed by atoms with E-state index in [2.05, 4.69) is 33.4 Å². The molecular formula is C15H19BrN2O2. The highest BCUT2D eigenvalue weighted by molar-refractivity contribution is 9.09. The van der Waals surface area contributed by atoms with Crippen LogP contribution in [0.15, 0.2) is 30.3 Å². The Kier molecular flexibility index (Phi) is 5.59. The third-order valence-electron chi connectivity index (χ3n) is 3.56. The summed E-state index contributed by atoms with van der Waals surface area (Å²) in [4.78, 5) is 24.2. The number of carbonyl (C=O) groups is 2. The Morgan fingerprint density at radius 3 is 2.55 bits per heavy atom. The minimum absolute atomic E-state index is 0.199. The molecule has 1 aliphatic heterocycles. The van der Waals surface area contributed by atoms with Crippen LogP contribution in [0.1, 0.15) is 18.4 Å². The first-order valence-electron chi connectivity index (χ1n) is 6.87. The molecule has 20 heavy (non-hydrogen) atoms. The van der Waals surface area contributed by atoms with Crippen molar-refractivity contribution in [3.8, 4) is 0 Å². The van der Waals surface area contributed by atoms with Crippen molar-refractivity contribution in [2.45, 2.75) is 19.3 Å². The molecule has 1 saturated heterocycles. The predicted molar refractivity (Wildman–Crippen MR) is 81.8 cm³/mol. The Balaban J connectivity index is 1.86. The first kappa shape index (κ1) is 15.0. The van der Waals surface area contributed by atoms with E-state index < -0.39 is 0 Å². The minimum Gasteiger partial charge on any atom is -0.315 e. The maximum atomic E-state index is 11.5. The van der Waals surface area contributed by atoms with Gasteiger partial charge in [0.05, 0.1) is 0 Å². The molecule has 3 amide bonds. The smallest absolute Gasteiger partial charge is 0.315 e. The van der Waals surface area contributed by atoms with Gasteiger partial charge in [-0.1, -0.05) is 46.3 Å². The van der Waals surface area contributed by atoms with E-state index in [-0.39, 0.29) is 18.5 Å². The number of imide groups is 1. The summed E-state index contributed by atoms with van der Waals surface area (Å²) in [5.41, 5.74) is 1.32. The van der Waals surface area contributed by atoms with Gasteiger partial charge in [0.25, 0.3) is 0 Å². The van der Waals surface area contributed by atoms with Gasteiger partial charge in [0, 0.05) is 11.9 Å². The molecule has 0 bridgehead atoms. The number of benzene rings is 1. The van der Waals surface area contributed by atoms with Gasteiger partial charge in [-0.15, -0.1) is 0 Å². The third-order valence-corrected chi connectivity index (χ3v) is 4.02. The van der Waals surface area contributed by atoms with Crippen molar-refractivity contribution in [2.24, 2.45) is 5.92 Å². The van der Waals surface area contributed by atoms with E-state index in [0.29, 0.717) is 12.5 Å². The lowest BCUT2D eigenvalue weighted by Gasteiger charge is -2.19. The van der Waals surface area contributed by atoms with Crippen molar-refractivity contribution in [1.82, 2.24) is 10.2 Å². The van der Waals surface area contributed by atoms with Crippen molar-refractivity contribution in [2.75, 3.05) is 18.4 Å². The Bertz CT molecular complexity index is 464. The zero-order chi connectivity index (χ0) is 14.4. The normalized spacial score (nSPS) is 16.4. The SMILES string of the molecule is O=C1CN(CCC(CCBr)Cc2ccccc2)C(=O)N1. The lowest BCUT2D eigenvalue weighted by atomic mass is 9.94. The number of carbonyl (C=O) groups excluding carboxylic acids is 2. The topological polar surface area (TPSA) is 49.4 Å². The number of halogens is 1. The van der Waals surface area contributed by atoms with Crippen LogP contribution in [-0.4, -0.2) is 35.3 Å². The fraction of sp³-hybridized carbons (Fsp3) is 0.467. The Hall–Kier alpha value is -1.36. The maximum absolute atomic E-state index is 11.5. The third kappa shape index (κ3) is 4.34. The molecule has 0 spiro atoms. The van der Waals surface area contributed by atoms with Crippen LogP contribution < -0.4 is 5.32 Å². The molecule has 5 heteroatoms. The van der Waals surface area contributed by atoms with Gasteiger partial charge < -0.3 is 4.90 Å². The van der Waals surface area contributed by atoms with Crippen molar-refractivity contribution in [1.29, 1.82) is 0 Å². The van der Waals surface area contributed by atoms with Gasteiger partial charge in [-0.2, -0.15) is 0 Å². The molecule has 1 fully saturated rings. The summed E-state index contributed by atoms with van der Waals surface area (Å²) in [5, 5.41) is 3.27. The number of nitrogens with zero attached hydrogens (tertiary/aromatic N) is 1. The number of hydrogen-bond donors (Lipinski definition) is 1. The van der Waals surface area contributed by atoms with Crippen LogP contribution in [0.4, 0.5) is 4.79 Å². The van der Waals surface area contributed by atoms with E-state index in [1.807, 2.05) is 18.2 Å². The lowest BCUT2D eigenvalue weighted by molar-refractivity contribution is -0.118. The van der Waals surface area contributed by atoms with Gasteiger partial charge >= 0.3 is 6.03 Å². The van der Waals surface area contributed by atoms with Crippen LogP contribution >= 0.6 is 15.9 Å². The molecule has 0 aromatic heterocycles. The number of rotatable bonds is 7. The average molecular weight is 339 g/mol. The van der Waals surface area contributed by atoms with E-state index >= 15 is 0 Å². The maximum Gasteiger partial charge on any atom is 0.324 e. The van der Waals surface area contributed by atoms with Gasteiger partial charge in [-0.3, -0.25) is 10.1 Å². The predicted octanol–water partition coefficient (Wildman–Crippen LogP) is 2.57. The molecule has 0 aliphatic carbocycles. The second kappa shape index (κ2) is 7.43. The molecule has 1 heterocycles. The summed E-state index contributed by atoms with van der Waals surface area (Å²) in [5.74, 6) is 0.315. The number of amides is 3. The van der Waals surface area contributed by atoms with E-state index in [1.54, 1.807) is 4.90 Å². The first-order valence-corrected chi connectivity index (χ1v) is 8.00. The standard InChI is InChI=1S/C15H19BrN2O2/c16-8-6-13(10-12-4-2-1-3-5-12)7-9-18-11-14(19)17-15(18)20/h1-5,13H,6-11H2,(H,17,19,20). The van der Waals surface area contributed by atoms with Crippen LogP contribution in [0, 0.1) is 5.92 Å². The molecule has 1 atom stereocenters. The molecule has 0 saturated carbocycles. The van der Waals surface area contributed by atoms with E-state index in [9.17, 15) is 9.59 Å². The molecule has 0 radical (unpaired) electrons. The molecule has 2 rings (SSSR count). The van der Waals surface area contributed by atoms with Crippen molar-refractivity contribution < 1.29 is 9.59 Å². The first-order chi connectivity index (χ1) is 9.69. The summed E-state index contributed by atoms with van der Waals surface area (Å²) in [6, 6.07) is 10.1. The highest BCUT2D eigenvalue weighted by Crippen LogP contribution is 2.18. The number of hydrogen-bond acceptors (Lipinski definition) is 2. The minimum atomic E-state index is -0.257. The van der Waals surface area contributed by atoms with Crippen molar-refractivity contribution in [3.63, 3.8) is 0 Å². The molecule has 1 unspecified atom stereocenters. The van der Waals surface area contributed by atoms with Crippen LogP contribution in [0.5, 0.6) is 0 Å². The van der Waals surface area contributed by atoms with Crippen molar-refractivity contribution >= 4 is 27.9 Å². The molecule has 1 aliphatic rings. The molecule has 4 nitrogen and oxygen atoms in total. The van der Waals surface area contributed by atoms with E-state index in [0.717, 1.165) is 24.6 Å². The Morgan fingerprint density at radius 1 is 1.20 bits per heavy atom. The second-order valence-corrected chi connectivity index (χ2v) is 5.89. The highest BCUT2D eigenvalue weighted by atomic mass is 79.9. The average Bonchev–Trinajstić information content (AvgIpc) is 2.76. The van der Waals surface area contributed by atoms with E-state index in [1.165, 1.54) is 5.56 Å². The fourth-order valence-electron chi connectivity index (χ4n) is 2.45. The molecule has 108 valence electrons. The Labute approximate surface area is 127 Å².